The first kappa shape index (κ1) is 11.9. The average molecular weight is 240 g/mol. The van der Waals surface area contributed by atoms with Gasteiger partial charge in [0.1, 0.15) is 5.82 Å². The van der Waals surface area contributed by atoms with Crippen LogP contribution in [0.1, 0.15) is 44.5 Å². The predicted octanol–water partition coefficient (Wildman–Crippen LogP) is 2.05. The van der Waals surface area contributed by atoms with Gasteiger partial charge in [-0.2, -0.15) is 0 Å². The van der Waals surface area contributed by atoms with Gasteiger partial charge in [0.2, 0.25) is 0 Å². The Morgan fingerprint density at radius 2 is 2.25 bits per heavy atom. The zero-order chi connectivity index (χ0) is 11.5. The number of aromatic nitrogens is 3. The van der Waals surface area contributed by atoms with E-state index < -0.39 is 0 Å². The number of hydrogen-bond acceptors (Lipinski definition) is 4. The lowest BCUT2D eigenvalue weighted by molar-refractivity contribution is 0.414. The summed E-state index contributed by atoms with van der Waals surface area (Å²) in [7, 11) is 0. The minimum absolute atomic E-state index is 0.439. The fraction of sp³-hybridized carbons (Fsp3) is 0.818. The van der Waals surface area contributed by atoms with E-state index in [0.29, 0.717) is 12.0 Å². The summed E-state index contributed by atoms with van der Waals surface area (Å²) in [5.41, 5.74) is 0. The van der Waals surface area contributed by atoms with E-state index in [1.807, 2.05) is 0 Å². The van der Waals surface area contributed by atoms with E-state index >= 15 is 0 Å². The van der Waals surface area contributed by atoms with Gasteiger partial charge in [0, 0.05) is 18.5 Å². The summed E-state index contributed by atoms with van der Waals surface area (Å²) in [5, 5.41) is 13.1. The van der Waals surface area contributed by atoms with Gasteiger partial charge < -0.3 is 9.88 Å². The molecule has 1 atom stereocenters. The Morgan fingerprint density at radius 3 is 2.81 bits per heavy atom. The van der Waals surface area contributed by atoms with E-state index in [4.69, 9.17) is 0 Å². The molecular weight excluding hydrogens is 220 g/mol. The molecule has 1 fully saturated rings. The van der Waals surface area contributed by atoms with Gasteiger partial charge in [-0.05, 0) is 39.5 Å². The normalized spacial score (nSPS) is 21.6. The van der Waals surface area contributed by atoms with Crippen LogP contribution in [0, 0.1) is 0 Å². The molecule has 0 bridgehead atoms. The van der Waals surface area contributed by atoms with Crippen LogP contribution >= 0.6 is 11.8 Å². The van der Waals surface area contributed by atoms with E-state index in [0.717, 1.165) is 24.1 Å². The van der Waals surface area contributed by atoms with Crippen LogP contribution in [0.2, 0.25) is 0 Å². The van der Waals surface area contributed by atoms with Crippen molar-refractivity contribution in [2.24, 2.45) is 0 Å². The molecule has 1 N–H and O–H groups in total. The molecule has 1 aromatic rings. The van der Waals surface area contributed by atoms with E-state index in [1.54, 1.807) is 11.8 Å². The Bertz CT molecular complexity index is 342. The number of nitrogens with one attached hydrogen (secondary N) is 1. The molecule has 1 aliphatic rings. The Kier molecular flexibility index (Phi) is 3.86. The molecule has 2 rings (SSSR count). The van der Waals surface area contributed by atoms with Gasteiger partial charge in [-0.1, -0.05) is 11.8 Å². The average Bonchev–Trinajstić information content (AvgIpc) is 2.73. The van der Waals surface area contributed by atoms with Crippen molar-refractivity contribution in [1.82, 2.24) is 20.1 Å². The molecule has 0 unspecified atom stereocenters. The minimum atomic E-state index is 0.439. The molecule has 0 saturated carbocycles. The molecule has 4 nitrogen and oxygen atoms in total. The fourth-order valence-electron chi connectivity index (χ4n) is 2.26. The first-order chi connectivity index (χ1) is 7.74. The number of piperidine rings is 1. The third-order valence-electron chi connectivity index (χ3n) is 3.05. The van der Waals surface area contributed by atoms with Crippen molar-refractivity contribution in [3.8, 4) is 0 Å². The maximum atomic E-state index is 4.38. The maximum absolute atomic E-state index is 4.38. The second-order valence-electron chi connectivity index (χ2n) is 4.55. The van der Waals surface area contributed by atoms with Crippen molar-refractivity contribution >= 4 is 11.8 Å². The van der Waals surface area contributed by atoms with Gasteiger partial charge in [-0.25, -0.2) is 0 Å². The van der Waals surface area contributed by atoms with Crippen molar-refractivity contribution in [3.63, 3.8) is 0 Å². The summed E-state index contributed by atoms with van der Waals surface area (Å²) in [6.07, 6.45) is 4.53. The van der Waals surface area contributed by atoms with Crippen LogP contribution in [0.4, 0.5) is 0 Å². The first-order valence-corrected chi connectivity index (χ1v) is 7.16. The maximum Gasteiger partial charge on any atom is 0.191 e. The molecule has 0 aromatic carbocycles. The van der Waals surface area contributed by atoms with E-state index in [1.165, 1.54) is 12.8 Å². The Labute approximate surface area is 101 Å². The van der Waals surface area contributed by atoms with Gasteiger partial charge >= 0.3 is 0 Å². The van der Waals surface area contributed by atoms with Crippen molar-refractivity contribution in [2.75, 3.05) is 19.3 Å². The predicted molar refractivity (Wildman–Crippen MR) is 67.0 cm³/mol. The summed E-state index contributed by atoms with van der Waals surface area (Å²) in [5.74, 6) is 1.69. The molecule has 1 aromatic heterocycles. The van der Waals surface area contributed by atoms with Gasteiger partial charge in [0.05, 0.1) is 0 Å². The second-order valence-corrected chi connectivity index (χ2v) is 5.33. The van der Waals surface area contributed by atoms with E-state index in [2.05, 4.69) is 40.2 Å². The third-order valence-corrected chi connectivity index (χ3v) is 3.70. The van der Waals surface area contributed by atoms with Crippen LogP contribution in [0.3, 0.4) is 0 Å². The third kappa shape index (κ3) is 2.25. The second kappa shape index (κ2) is 5.19. The number of nitrogens with zero attached hydrogens (tertiary/aromatic N) is 3. The van der Waals surface area contributed by atoms with Crippen LogP contribution in [0.15, 0.2) is 5.16 Å². The molecule has 90 valence electrons. The van der Waals surface area contributed by atoms with E-state index in [9.17, 15) is 0 Å². The van der Waals surface area contributed by atoms with Crippen LogP contribution < -0.4 is 5.32 Å². The quantitative estimate of drug-likeness (QED) is 0.821. The summed E-state index contributed by atoms with van der Waals surface area (Å²) in [4.78, 5) is 0. The lowest BCUT2D eigenvalue weighted by atomic mass is 9.98. The smallest absolute Gasteiger partial charge is 0.191 e. The molecule has 0 amide bonds. The van der Waals surface area contributed by atoms with Crippen molar-refractivity contribution in [1.29, 1.82) is 0 Å². The molecule has 1 saturated heterocycles. The highest BCUT2D eigenvalue weighted by Gasteiger charge is 2.23. The van der Waals surface area contributed by atoms with Gasteiger partial charge in [0.25, 0.3) is 0 Å². The van der Waals surface area contributed by atoms with Crippen LogP contribution in [0.25, 0.3) is 0 Å². The monoisotopic (exact) mass is 240 g/mol. The Morgan fingerprint density at radius 1 is 1.44 bits per heavy atom. The van der Waals surface area contributed by atoms with Crippen molar-refractivity contribution in [3.05, 3.63) is 5.82 Å². The van der Waals surface area contributed by atoms with Crippen LogP contribution in [0.5, 0.6) is 0 Å². The summed E-state index contributed by atoms with van der Waals surface area (Å²) < 4.78 is 2.28. The van der Waals surface area contributed by atoms with E-state index in [-0.39, 0.29) is 0 Å². The molecule has 16 heavy (non-hydrogen) atoms. The largest absolute Gasteiger partial charge is 0.316 e. The summed E-state index contributed by atoms with van der Waals surface area (Å²) in [6, 6.07) is 0.439. The lowest BCUT2D eigenvalue weighted by Gasteiger charge is -2.24. The minimum Gasteiger partial charge on any atom is -0.316 e. The first-order valence-electron chi connectivity index (χ1n) is 5.93. The SMILES string of the molecule is CSc1nnc([C@H]2CCCNC2)n1C(C)C. The molecule has 5 heteroatoms. The van der Waals surface area contributed by atoms with Crippen molar-refractivity contribution in [2.45, 2.75) is 43.8 Å². The highest BCUT2D eigenvalue weighted by atomic mass is 32.2. The topological polar surface area (TPSA) is 42.7 Å². The highest BCUT2D eigenvalue weighted by molar-refractivity contribution is 7.98. The molecule has 0 spiro atoms. The zero-order valence-corrected chi connectivity index (χ0v) is 11.0. The standard InChI is InChI=1S/C11H20N4S/c1-8(2)15-10(13-14-11(15)16-3)9-5-4-6-12-7-9/h8-9,12H,4-7H2,1-3H3/t9-/m0/s1. The van der Waals surface area contributed by atoms with Gasteiger partial charge in [-0.15, -0.1) is 10.2 Å². The highest BCUT2D eigenvalue weighted by Crippen LogP contribution is 2.27. The summed E-state index contributed by atoms with van der Waals surface area (Å²) >= 11 is 1.68. The molecular formula is C11H20N4S. The van der Waals surface area contributed by atoms with Gasteiger partial charge in [0.15, 0.2) is 5.16 Å². The zero-order valence-electron chi connectivity index (χ0n) is 10.2. The van der Waals surface area contributed by atoms with Crippen LogP contribution in [-0.2, 0) is 0 Å². The number of hydrogen-bond donors (Lipinski definition) is 1. The Balaban J connectivity index is 2.28. The molecule has 0 radical (unpaired) electrons. The van der Waals surface area contributed by atoms with Crippen molar-refractivity contribution < 1.29 is 0 Å². The number of thioether (sulfide) groups is 1. The molecule has 0 aliphatic carbocycles. The van der Waals surface area contributed by atoms with Gasteiger partial charge in [-0.3, -0.25) is 0 Å². The Hall–Kier alpha value is -0.550. The fourth-order valence-corrected chi connectivity index (χ4v) is 2.89. The summed E-state index contributed by atoms with van der Waals surface area (Å²) in [6.45, 7) is 6.58. The van der Waals surface area contributed by atoms with Crippen LogP contribution in [-0.4, -0.2) is 34.1 Å². The molecule has 2 heterocycles. The number of rotatable bonds is 3. The lowest BCUT2D eigenvalue weighted by Crippen LogP contribution is -2.30. The molecule has 1 aliphatic heterocycles.